The summed E-state index contributed by atoms with van der Waals surface area (Å²) in [4.78, 5) is 12.6. The second kappa shape index (κ2) is 9.78. The lowest BCUT2D eigenvalue weighted by atomic mass is 9.85. The van der Waals surface area contributed by atoms with Crippen molar-refractivity contribution in [1.29, 1.82) is 0 Å². The molecule has 22 heavy (non-hydrogen) atoms. The molecule has 118 valence electrons. The number of ketones is 1. The average molecular weight is 361 g/mol. The highest BCUT2D eigenvalue weighted by Gasteiger charge is 2.21. The summed E-state index contributed by atoms with van der Waals surface area (Å²) < 4.78 is 0. The minimum Gasteiger partial charge on any atom is -0.294 e. The van der Waals surface area contributed by atoms with Gasteiger partial charge in [-0.3, -0.25) is 4.79 Å². The van der Waals surface area contributed by atoms with Gasteiger partial charge >= 0.3 is 0 Å². The van der Waals surface area contributed by atoms with Crippen LogP contribution in [-0.2, 0) is 11.2 Å². The fourth-order valence-electron chi connectivity index (χ4n) is 2.89. The predicted molar refractivity (Wildman–Crippen MR) is 97.4 cm³/mol. The van der Waals surface area contributed by atoms with Gasteiger partial charge in [-0.05, 0) is 36.8 Å². The Morgan fingerprint density at radius 3 is 2.45 bits per heavy atom. The predicted octanol–water partition coefficient (Wildman–Crippen LogP) is 5.65. The molecule has 0 fully saturated rings. The first-order valence-corrected chi connectivity index (χ1v) is 9.45. The first kappa shape index (κ1) is 17.2. The molecule has 0 N–H and O–H groups in total. The molecule has 0 aliphatic heterocycles. The first-order chi connectivity index (χ1) is 10.8. The van der Waals surface area contributed by atoms with E-state index >= 15 is 0 Å². The SMILES string of the molecule is O=C1C(CCCCCCCBr)=CC=CC1Cc1ccccc1. The number of rotatable bonds is 9. The average Bonchev–Trinajstić information content (AvgIpc) is 2.55. The minimum absolute atomic E-state index is 0.0239. The van der Waals surface area contributed by atoms with Crippen LogP contribution in [0.2, 0.25) is 0 Å². The molecular weight excluding hydrogens is 336 g/mol. The van der Waals surface area contributed by atoms with Crippen molar-refractivity contribution < 1.29 is 4.79 Å². The number of unbranched alkanes of at least 4 members (excludes halogenated alkanes) is 4. The van der Waals surface area contributed by atoms with Crippen molar-refractivity contribution in [1.82, 2.24) is 0 Å². The van der Waals surface area contributed by atoms with E-state index < -0.39 is 0 Å². The number of halogens is 1. The van der Waals surface area contributed by atoms with E-state index in [9.17, 15) is 4.79 Å². The van der Waals surface area contributed by atoms with E-state index in [1.165, 1.54) is 31.2 Å². The lowest BCUT2D eigenvalue weighted by molar-refractivity contribution is -0.118. The smallest absolute Gasteiger partial charge is 0.166 e. The number of allylic oxidation sites excluding steroid dienone is 4. The van der Waals surface area contributed by atoms with E-state index in [-0.39, 0.29) is 5.92 Å². The Labute approximate surface area is 142 Å². The van der Waals surface area contributed by atoms with Gasteiger partial charge in [0.2, 0.25) is 0 Å². The topological polar surface area (TPSA) is 17.1 Å². The fourth-order valence-corrected chi connectivity index (χ4v) is 3.29. The van der Waals surface area contributed by atoms with Gasteiger partial charge in [0.25, 0.3) is 0 Å². The number of alkyl halides is 1. The van der Waals surface area contributed by atoms with Gasteiger partial charge in [-0.25, -0.2) is 0 Å². The van der Waals surface area contributed by atoms with Crippen LogP contribution in [0.25, 0.3) is 0 Å². The Bertz CT molecular complexity index is 516. The monoisotopic (exact) mass is 360 g/mol. The summed E-state index contributed by atoms with van der Waals surface area (Å²) in [6.45, 7) is 0. The minimum atomic E-state index is 0.0239. The molecule has 1 nitrogen and oxygen atoms in total. The maximum atomic E-state index is 12.6. The van der Waals surface area contributed by atoms with Gasteiger partial charge < -0.3 is 0 Å². The molecule has 0 bridgehead atoms. The summed E-state index contributed by atoms with van der Waals surface area (Å²) in [6.07, 6.45) is 14.1. The van der Waals surface area contributed by atoms with Crippen molar-refractivity contribution >= 4 is 21.7 Å². The fraction of sp³-hybridized carbons (Fsp3) is 0.450. The summed E-state index contributed by atoms with van der Waals surface area (Å²) in [5.41, 5.74) is 2.26. The number of carbonyl (C=O) groups is 1. The Morgan fingerprint density at radius 2 is 1.68 bits per heavy atom. The third-order valence-electron chi connectivity index (χ3n) is 4.17. The highest BCUT2D eigenvalue weighted by molar-refractivity contribution is 9.09. The molecule has 0 amide bonds. The molecule has 2 rings (SSSR count). The molecule has 0 heterocycles. The Kier molecular flexibility index (Phi) is 7.65. The van der Waals surface area contributed by atoms with Crippen molar-refractivity contribution in [2.75, 3.05) is 5.33 Å². The van der Waals surface area contributed by atoms with Crippen molar-refractivity contribution in [2.24, 2.45) is 5.92 Å². The van der Waals surface area contributed by atoms with Crippen molar-refractivity contribution in [3.8, 4) is 0 Å². The van der Waals surface area contributed by atoms with Crippen molar-refractivity contribution in [3.63, 3.8) is 0 Å². The maximum absolute atomic E-state index is 12.6. The lowest BCUT2D eigenvalue weighted by Crippen LogP contribution is -2.19. The Balaban J connectivity index is 1.78. The van der Waals surface area contributed by atoms with Crippen LogP contribution in [0, 0.1) is 5.92 Å². The molecule has 0 aromatic heterocycles. The molecule has 1 unspecified atom stereocenters. The molecule has 0 radical (unpaired) electrons. The van der Waals surface area contributed by atoms with Gasteiger partial charge in [-0.2, -0.15) is 0 Å². The summed E-state index contributed by atoms with van der Waals surface area (Å²) in [5.74, 6) is 0.350. The maximum Gasteiger partial charge on any atom is 0.166 e. The van der Waals surface area contributed by atoms with E-state index in [0.717, 1.165) is 30.2 Å². The first-order valence-electron chi connectivity index (χ1n) is 8.32. The van der Waals surface area contributed by atoms with Gasteiger partial charge in [0, 0.05) is 11.2 Å². The van der Waals surface area contributed by atoms with Crippen LogP contribution in [-0.4, -0.2) is 11.1 Å². The Hall–Kier alpha value is -1.15. The van der Waals surface area contributed by atoms with Gasteiger partial charge in [-0.15, -0.1) is 0 Å². The number of hydrogen-bond acceptors (Lipinski definition) is 1. The van der Waals surface area contributed by atoms with Crippen LogP contribution in [0.1, 0.15) is 44.1 Å². The zero-order valence-corrected chi connectivity index (χ0v) is 14.7. The second-order valence-electron chi connectivity index (χ2n) is 5.94. The molecule has 1 aromatic carbocycles. The van der Waals surface area contributed by atoms with Crippen LogP contribution < -0.4 is 0 Å². The molecular formula is C20H25BrO. The van der Waals surface area contributed by atoms with Gasteiger partial charge in [0.05, 0.1) is 0 Å². The number of hydrogen-bond donors (Lipinski definition) is 0. The zero-order valence-electron chi connectivity index (χ0n) is 13.1. The highest BCUT2D eigenvalue weighted by Crippen LogP contribution is 2.23. The standard InChI is InChI=1S/C20H25BrO/c21-15-8-3-1-2-7-12-18-13-9-14-19(20(18)22)16-17-10-5-4-6-11-17/h4-6,9-11,13-14,19H,1-3,7-8,12,15-16H2. The summed E-state index contributed by atoms with van der Waals surface area (Å²) in [7, 11) is 0. The van der Waals surface area contributed by atoms with Crippen molar-refractivity contribution in [3.05, 3.63) is 59.7 Å². The van der Waals surface area contributed by atoms with E-state index in [4.69, 9.17) is 0 Å². The van der Waals surface area contributed by atoms with Crippen LogP contribution in [0.15, 0.2) is 54.1 Å². The molecule has 2 heteroatoms. The number of carbonyl (C=O) groups excluding carboxylic acids is 1. The molecule has 1 aromatic rings. The number of benzene rings is 1. The second-order valence-corrected chi connectivity index (χ2v) is 6.74. The quantitative estimate of drug-likeness (QED) is 0.411. The molecule has 1 atom stereocenters. The molecule has 1 aliphatic carbocycles. The van der Waals surface area contributed by atoms with Crippen LogP contribution in [0.3, 0.4) is 0 Å². The Morgan fingerprint density at radius 1 is 0.955 bits per heavy atom. The van der Waals surface area contributed by atoms with E-state index in [1.807, 2.05) is 24.3 Å². The summed E-state index contributed by atoms with van der Waals surface area (Å²) in [5, 5.41) is 1.10. The third kappa shape index (κ3) is 5.57. The largest absolute Gasteiger partial charge is 0.294 e. The van der Waals surface area contributed by atoms with Gasteiger partial charge in [-0.1, -0.05) is 83.8 Å². The number of Topliss-reactive ketones (excluding diaryl/α,β-unsaturated/α-hetero) is 1. The summed E-state index contributed by atoms with van der Waals surface area (Å²) >= 11 is 3.46. The van der Waals surface area contributed by atoms with E-state index in [1.54, 1.807) is 0 Å². The van der Waals surface area contributed by atoms with Gasteiger partial charge in [0.15, 0.2) is 5.78 Å². The van der Waals surface area contributed by atoms with Gasteiger partial charge in [0.1, 0.15) is 0 Å². The summed E-state index contributed by atoms with van der Waals surface area (Å²) in [6, 6.07) is 10.3. The lowest BCUT2D eigenvalue weighted by Gasteiger charge is -2.17. The highest BCUT2D eigenvalue weighted by atomic mass is 79.9. The third-order valence-corrected chi connectivity index (χ3v) is 4.73. The van der Waals surface area contributed by atoms with Crippen LogP contribution in [0.5, 0.6) is 0 Å². The van der Waals surface area contributed by atoms with Crippen molar-refractivity contribution in [2.45, 2.75) is 44.9 Å². The van der Waals surface area contributed by atoms with Crippen LogP contribution in [0.4, 0.5) is 0 Å². The molecule has 0 spiro atoms. The molecule has 0 saturated carbocycles. The molecule has 1 aliphatic rings. The van der Waals surface area contributed by atoms with E-state index in [0.29, 0.717) is 5.78 Å². The zero-order chi connectivity index (χ0) is 15.6. The van der Waals surface area contributed by atoms with Crippen LogP contribution >= 0.6 is 15.9 Å². The van der Waals surface area contributed by atoms with E-state index in [2.05, 4.69) is 40.2 Å². The molecule has 0 saturated heterocycles. The normalized spacial score (nSPS) is 17.6.